The summed E-state index contributed by atoms with van der Waals surface area (Å²) in [6, 6.07) is 0.436. The monoisotopic (exact) mass is 412 g/mol. The number of imide groups is 1. The van der Waals surface area contributed by atoms with E-state index < -0.39 is 11.8 Å². The lowest BCUT2D eigenvalue weighted by Crippen LogP contribution is -2.37. The van der Waals surface area contributed by atoms with Crippen molar-refractivity contribution in [3.63, 3.8) is 0 Å². The smallest absolute Gasteiger partial charge is 0.253 e. The Bertz CT molecular complexity index is 561. The van der Waals surface area contributed by atoms with Crippen LogP contribution in [-0.4, -0.2) is 87.2 Å². The molecule has 1 heterocycles. The highest BCUT2D eigenvalue weighted by atomic mass is 16.5. The maximum Gasteiger partial charge on any atom is 0.253 e. The largest absolute Gasteiger partial charge is 0.379 e. The number of hydrogen-bond donors (Lipinski definition) is 3. The van der Waals surface area contributed by atoms with Gasteiger partial charge in [0.15, 0.2) is 0 Å². The third kappa shape index (κ3) is 12.0. The van der Waals surface area contributed by atoms with Gasteiger partial charge in [0.1, 0.15) is 0 Å². The predicted molar refractivity (Wildman–Crippen MR) is 106 cm³/mol. The summed E-state index contributed by atoms with van der Waals surface area (Å²) in [5.74, 6) is -1.28. The molecule has 29 heavy (non-hydrogen) atoms. The molecule has 0 aliphatic carbocycles. The van der Waals surface area contributed by atoms with E-state index in [-0.39, 0.29) is 37.7 Å². The molecule has 164 valence electrons. The Labute approximate surface area is 171 Å². The van der Waals surface area contributed by atoms with Crippen molar-refractivity contribution in [2.24, 2.45) is 0 Å². The number of hydrogen-bond acceptors (Lipinski definition) is 7. The third-order valence-corrected chi connectivity index (χ3v) is 3.88. The van der Waals surface area contributed by atoms with E-state index in [0.717, 1.165) is 11.4 Å². The number of nitrogens with one attached hydrogen (secondary N) is 3. The van der Waals surface area contributed by atoms with Gasteiger partial charge in [0.05, 0.1) is 26.4 Å². The molecule has 0 saturated heterocycles. The van der Waals surface area contributed by atoms with Crippen LogP contribution in [0.3, 0.4) is 0 Å². The maximum absolute atomic E-state index is 11.7. The zero-order valence-electron chi connectivity index (χ0n) is 17.2. The number of ether oxygens (including phenoxy) is 2. The summed E-state index contributed by atoms with van der Waals surface area (Å²) in [6.45, 7) is 7.38. The normalized spacial score (nSPS) is 13.4. The summed E-state index contributed by atoms with van der Waals surface area (Å²) in [5.41, 5.74) is 0. The molecule has 3 N–H and O–H groups in total. The standard InChI is InChI=1S/C19H32N4O6/c1-15(2)20-9-12-29-14-13-28-11-6-17(25)22-8-7-21-16(24)5-10-23-18(26)3-4-19(23)27/h3-4,15,20H,5-14H2,1-2H3,(H,21,24)(H,22,25). The Kier molecular flexibility index (Phi) is 12.5. The number of rotatable bonds is 16. The summed E-state index contributed by atoms with van der Waals surface area (Å²) in [4.78, 5) is 47.1. The highest BCUT2D eigenvalue weighted by Gasteiger charge is 2.23. The van der Waals surface area contributed by atoms with Crippen LogP contribution >= 0.6 is 0 Å². The molecule has 1 rings (SSSR count). The van der Waals surface area contributed by atoms with E-state index in [2.05, 4.69) is 29.8 Å². The molecule has 4 amide bonds. The molecule has 0 aromatic rings. The Morgan fingerprint density at radius 3 is 2.00 bits per heavy atom. The SMILES string of the molecule is CC(C)NCCOCCOCCC(=O)NCCNC(=O)CCN1C(=O)C=CC1=O. The van der Waals surface area contributed by atoms with Gasteiger partial charge >= 0.3 is 0 Å². The fourth-order valence-corrected chi connectivity index (χ4v) is 2.35. The molecule has 0 aromatic heterocycles. The first-order valence-electron chi connectivity index (χ1n) is 9.86. The molecule has 1 aliphatic rings. The van der Waals surface area contributed by atoms with Crippen molar-refractivity contribution in [3.8, 4) is 0 Å². The molecular weight excluding hydrogens is 380 g/mol. The first kappa shape index (κ1) is 24.7. The lowest BCUT2D eigenvalue weighted by Gasteiger charge is -2.13. The molecule has 0 radical (unpaired) electrons. The van der Waals surface area contributed by atoms with Crippen LogP contribution in [0.1, 0.15) is 26.7 Å². The molecular formula is C19H32N4O6. The van der Waals surface area contributed by atoms with Crippen molar-refractivity contribution in [1.82, 2.24) is 20.9 Å². The molecule has 0 saturated carbocycles. The summed E-state index contributed by atoms with van der Waals surface area (Å²) in [6.07, 6.45) is 2.61. The van der Waals surface area contributed by atoms with Crippen LogP contribution in [0, 0.1) is 0 Å². The highest BCUT2D eigenvalue weighted by molar-refractivity contribution is 6.13. The van der Waals surface area contributed by atoms with Gasteiger partial charge in [-0.05, 0) is 0 Å². The van der Waals surface area contributed by atoms with Gasteiger partial charge in [-0.25, -0.2) is 0 Å². The molecule has 0 fully saturated rings. The van der Waals surface area contributed by atoms with Crippen LogP contribution in [0.5, 0.6) is 0 Å². The summed E-state index contributed by atoms with van der Waals surface area (Å²) >= 11 is 0. The minimum Gasteiger partial charge on any atom is -0.379 e. The number of carbonyl (C=O) groups excluding carboxylic acids is 4. The second-order valence-electron chi connectivity index (χ2n) is 6.69. The molecule has 1 aliphatic heterocycles. The van der Waals surface area contributed by atoms with Crippen LogP contribution in [0.15, 0.2) is 12.2 Å². The van der Waals surface area contributed by atoms with Crippen LogP contribution in [0.2, 0.25) is 0 Å². The van der Waals surface area contributed by atoms with Crippen LogP contribution in [0.4, 0.5) is 0 Å². The predicted octanol–water partition coefficient (Wildman–Crippen LogP) is -1.04. The second-order valence-corrected chi connectivity index (χ2v) is 6.69. The molecule has 10 nitrogen and oxygen atoms in total. The van der Waals surface area contributed by atoms with Crippen molar-refractivity contribution >= 4 is 23.6 Å². The number of nitrogens with zero attached hydrogens (tertiary/aromatic N) is 1. The van der Waals surface area contributed by atoms with Gasteiger partial charge in [-0.3, -0.25) is 24.1 Å². The van der Waals surface area contributed by atoms with E-state index in [0.29, 0.717) is 39.0 Å². The molecule has 0 bridgehead atoms. The number of carbonyl (C=O) groups is 4. The molecule has 0 spiro atoms. The van der Waals surface area contributed by atoms with Crippen LogP contribution in [0.25, 0.3) is 0 Å². The zero-order valence-corrected chi connectivity index (χ0v) is 17.2. The second kappa shape index (κ2) is 14.7. The third-order valence-electron chi connectivity index (χ3n) is 3.88. The molecule has 10 heteroatoms. The van der Waals surface area contributed by atoms with Gasteiger partial charge in [0.2, 0.25) is 11.8 Å². The van der Waals surface area contributed by atoms with Crippen LogP contribution in [-0.2, 0) is 28.7 Å². The summed E-state index contributed by atoms with van der Waals surface area (Å²) in [5, 5.41) is 8.54. The average Bonchev–Trinajstić information content (AvgIpc) is 2.99. The van der Waals surface area contributed by atoms with E-state index in [4.69, 9.17) is 9.47 Å². The molecule has 0 atom stereocenters. The van der Waals surface area contributed by atoms with E-state index >= 15 is 0 Å². The maximum atomic E-state index is 11.7. The van der Waals surface area contributed by atoms with Crippen molar-refractivity contribution in [2.45, 2.75) is 32.7 Å². The Hall–Kier alpha value is -2.30. The minimum absolute atomic E-state index is 0.0244. The molecule has 0 unspecified atom stereocenters. The summed E-state index contributed by atoms with van der Waals surface area (Å²) in [7, 11) is 0. The van der Waals surface area contributed by atoms with Crippen molar-refractivity contribution in [1.29, 1.82) is 0 Å². The van der Waals surface area contributed by atoms with E-state index in [9.17, 15) is 19.2 Å². The minimum atomic E-state index is -0.410. The Morgan fingerprint density at radius 2 is 1.41 bits per heavy atom. The molecule has 0 aromatic carbocycles. The Morgan fingerprint density at radius 1 is 0.862 bits per heavy atom. The van der Waals surface area contributed by atoms with E-state index in [1.165, 1.54) is 12.2 Å². The quantitative estimate of drug-likeness (QED) is 0.218. The zero-order chi connectivity index (χ0) is 21.5. The van der Waals surface area contributed by atoms with Crippen molar-refractivity contribution in [3.05, 3.63) is 12.2 Å². The Balaban J connectivity index is 1.90. The van der Waals surface area contributed by atoms with Gasteiger partial charge in [-0.15, -0.1) is 0 Å². The van der Waals surface area contributed by atoms with Crippen molar-refractivity contribution in [2.75, 3.05) is 52.6 Å². The lowest BCUT2D eigenvalue weighted by molar-refractivity contribution is -0.137. The van der Waals surface area contributed by atoms with Gasteiger partial charge in [-0.2, -0.15) is 0 Å². The topological polar surface area (TPSA) is 126 Å². The van der Waals surface area contributed by atoms with Gasteiger partial charge in [-0.1, -0.05) is 13.8 Å². The fraction of sp³-hybridized carbons (Fsp3) is 0.684. The summed E-state index contributed by atoms with van der Waals surface area (Å²) < 4.78 is 10.7. The first-order valence-corrected chi connectivity index (χ1v) is 9.86. The van der Waals surface area contributed by atoms with E-state index in [1.54, 1.807) is 0 Å². The highest BCUT2D eigenvalue weighted by Crippen LogP contribution is 2.03. The van der Waals surface area contributed by atoms with E-state index in [1.807, 2.05) is 0 Å². The van der Waals surface area contributed by atoms with Crippen molar-refractivity contribution < 1.29 is 28.7 Å². The average molecular weight is 412 g/mol. The fourth-order valence-electron chi connectivity index (χ4n) is 2.35. The first-order chi connectivity index (χ1) is 13.9. The number of amides is 4. The van der Waals surface area contributed by atoms with Crippen LogP contribution < -0.4 is 16.0 Å². The van der Waals surface area contributed by atoms with Gasteiger partial charge in [0, 0.05) is 57.2 Å². The lowest BCUT2D eigenvalue weighted by atomic mass is 10.3. The van der Waals surface area contributed by atoms with Gasteiger partial charge in [0.25, 0.3) is 11.8 Å². The van der Waals surface area contributed by atoms with Gasteiger partial charge < -0.3 is 25.4 Å².